The van der Waals surface area contributed by atoms with Gasteiger partial charge in [-0.05, 0) is 13.0 Å². The second-order valence-corrected chi connectivity index (χ2v) is 2.98. The van der Waals surface area contributed by atoms with Gasteiger partial charge in [0.15, 0.2) is 0 Å². The number of nitrogens with one attached hydrogen (secondary N) is 1. The summed E-state index contributed by atoms with van der Waals surface area (Å²) in [5.41, 5.74) is 1.40. The van der Waals surface area contributed by atoms with Gasteiger partial charge in [-0.2, -0.15) is 5.10 Å². The van der Waals surface area contributed by atoms with E-state index >= 15 is 0 Å². The quantitative estimate of drug-likeness (QED) is 0.708. The first-order chi connectivity index (χ1) is 6.70. The minimum absolute atomic E-state index is 0.117. The van der Waals surface area contributed by atoms with Crippen molar-refractivity contribution in [3.63, 3.8) is 0 Å². The van der Waals surface area contributed by atoms with Gasteiger partial charge >= 0.3 is 0 Å². The maximum Gasteiger partial charge on any atom is 0.252 e. The number of rotatable bonds is 1. The van der Waals surface area contributed by atoms with Crippen LogP contribution in [0, 0.1) is 6.92 Å². The second kappa shape index (κ2) is 3.10. The number of amides is 1. The van der Waals surface area contributed by atoms with E-state index in [-0.39, 0.29) is 5.91 Å². The Bertz CT molecular complexity index is 489. The standard InChI is InChI=1S/C9H10N4O/c1-6-11-4-8-3-7(9(14)10-2)5-13(8)12-6/h3-5H,1-2H3,(H,10,14). The molecule has 2 aromatic rings. The zero-order chi connectivity index (χ0) is 10.1. The first kappa shape index (κ1) is 8.68. The molecule has 2 aromatic heterocycles. The molecule has 2 heterocycles. The van der Waals surface area contributed by atoms with E-state index in [0.29, 0.717) is 11.4 Å². The Labute approximate surface area is 80.8 Å². The summed E-state index contributed by atoms with van der Waals surface area (Å²) in [7, 11) is 1.60. The minimum atomic E-state index is -0.117. The number of aromatic nitrogens is 3. The Kier molecular flexibility index (Phi) is 1.92. The maximum atomic E-state index is 11.3. The van der Waals surface area contributed by atoms with Gasteiger partial charge in [0.2, 0.25) is 0 Å². The average molecular weight is 190 g/mol. The summed E-state index contributed by atoms with van der Waals surface area (Å²) in [5, 5.41) is 6.69. The predicted octanol–water partition coefficient (Wildman–Crippen LogP) is 0.397. The predicted molar refractivity (Wildman–Crippen MR) is 51.1 cm³/mol. The summed E-state index contributed by atoms with van der Waals surface area (Å²) in [5.74, 6) is 0.560. The van der Waals surface area contributed by atoms with E-state index in [1.165, 1.54) is 0 Å². The molecule has 14 heavy (non-hydrogen) atoms. The molecule has 0 bridgehead atoms. The van der Waals surface area contributed by atoms with E-state index in [2.05, 4.69) is 15.4 Å². The van der Waals surface area contributed by atoms with Gasteiger partial charge in [0.05, 0.1) is 17.3 Å². The highest BCUT2D eigenvalue weighted by Crippen LogP contribution is 2.07. The molecule has 0 aromatic carbocycles. The molecule has 72 valence electrons. The number of carbonyl (C=O) groups excluding carboxylic acids is 1. The van der Waals surface area contributed by atoms with E-state index in [1.807, 2.05) is 0 Å². The Hall–Kier alpha value is -1.91. The van der Waals surface area contributed by atoms with Crippen molar-refractivity contribution >= 4 is 11.4 Å². The molecular weight excluding hydrogens is 180 g/mol. The molecule has 0 atom stereocenters. The van der Waals surface area contributed by atoms with Crippen molar-refractivity contribution in [3.05, 3.63) is 29.8 Å². The summed E-state index contributed by atoms with van der Waals surface area (Å²) >= 11 is 0. The molecule has 0 radical (unpaired) electrons. The molecule has 0 fully saturated rings. The van der Waals surface area contributed by atoms with Crippen LogP contribution in [-0.2, 0) is 0 Å². The zero-order valence-electron chi connectivity index (χ0n) is 7.98. The molecular formula is C9H10N4O. The molecule has 0 saturated heterocycles. The van der Waals surface area contributed by atoms with Crippen molar-refractivity contribution in [1.82, 2.24) is 19.9 Å². The van der Waals surface area contributed by atoms with Crippen LogP contribution >= 0.6 is 0 Å². The Balaban J connectivity index is 2.56. The lowest BCUT2D eigenvalue weighted by Crippen LogP contribution is -2.16. The van der Waals surface area contributed by atoms with E-state index in [4.69, 9.17) is 0 Å². The van der Waals surface area contributed by atoms with Gasteiger partial charge < -0.3 is 5.32 Å². The molecule has 5 heteroatoms. The summed E-state index contributed by atoms with van der Waals surface area (Å²) in [4.78, 5) is 15.3. The van der Waals surface area contributed by atoms with Crippen molar-refractivity contribution < 1.29 is 4.79 Å². The molecule has 1 N–H and O–H groups in total. The van der Waals surface area contributed by atoms with Gasteiger partial charge in [-0.3, -0.25) is 4.79 Å². The molecule has 0 aliphatic rings. The van der Waals surface area contributed by atoms with Gasteiger partial charge in [-0.25, -0.2) is 9.50 Å². The normalized spacial score (nSPS) is 10.4. The molecule has 0 saturated carbocycles. The zero-order valence-corrected chi connectivity index (χ0v) is 7.98. The summed E-state index contributed by atoms with van der Waals surface area (Å²) in [6.45, 7) is 1.80. The number of fused-ring (bicyclic) bond motifs is 1. The van der Waals surface area contributed by atoms with Crippen LogP contribution in [0.2, 0.25) is 0 Å². The largest absolute Gasteiger partial charge is 0.355 e. The van der Waals surface area contributed by atoms with Crippen LogP contribution in [-0.4, -0.2) is 27.6 Å². The first-order valence-electron chi connectivity index (χ1n) is 4.25. The fourth-order valence-electron chi connectivity index (χ4n) is 1.26. The summed E-state index contributed by atoms with van der Waals surface area (Å²) in [6.07, 6.45) is 3.37. The lowest BCUT2D eigenvalue weighted by molar-refractivity contribution is 0.0963. The van der Waals surface area contributed by atoms with E-state index in [1.54, 1.807) is 36.9 Å². The summed E-state index contributed by atoms with van der Waals surface area (Å²) in [6, 6.07) is 1.75. The van der Waals surface area contributed by atoms with Crippen LogP contribution < -0.4 is 5.32 Å². The van der Waals surface area contributed by atoms with Crippen LogP contribution in [0.5, 0.6) is 0 Å². The average Bonchev–Trinajstić information content (AvgIpc) is 2.59. The fourth-order valence-corrected chi connectivity index (χ4v) is 1.26. The Morgan fingerprint density at radius 1 is 1.57 bits per heavy atom. The van der Waals surface area contributed by atoms with Crippen LogP contribution in [0.25, 0.3) is 5.52 Å². The SMILES string of the molecule is CNC(=O)c1cc2cnc(C)nn2c1. The van der Waals surface area contributed by atoms with Crippen LogP contribution in [0.1, 0.15) is 16.2 Å². The molecule has 0 unspecified atom stereocenters. The third-order valence-corrected chi connectivity index (χ3v) is 1.95. The first-order valence-corrected chi connectivity index (χ1v) is 4.25. The number of nitrogens with zero attached hydrogens (tertiary/aromatic N) is 3. The van der Waals surface area contributed by atoms with Gasteiger partial charge in [0, 0.05) is 13.2 Å². The van der Waals surface area contributed by atoms with Crippen LogP contribution in [0.3, 0.4) is 0 Å². The minimum Gasteiger partial charge on any atom is -0.355 e. The van der Waals surface area contributed by atoms with Crippen LogP contribution in [0.15, 0.2) is 18.5 Å². The second-order valence-electron chi connectivity index (χ2n) is 2.98. The van der Waals surface area contributed by atoms with Crippen molar-refractivity contribution in [1.29, 1.82) is 0 Å². The van der Waals surface area contributed by atoms with Crippen LogP contribution in [0.4, 0.5) is 0 Å². The third-order valence-electron chi connectivity index (χ3n) is 1.95. The number of hydrogen-bond donors (Lipinski definition) is 1. The Morgan fingerprint density at radius 3 is 3.07 bits per heavy atom. The van der Waals surface area contributed by atoms with E-state index in [9.17, 15) is 4.79 Å². The van der Waals surface area contributed by atoms with Crippen molar-refractivity contribution in [3.8, 4) is 0 Å². The molecule has 1 amide bonds. The van der Waals surface area contributed by atoms with Crippen molar-refractivity contribution in [2.24, 2.45) is 0 Å². The lowest BCUT2D eigenvalue weighted by atomic mass is 10.3. The third kappa shape index (κ3) is 1.32. The van der Waals surface area contributed by atoms with Crippen molar-refractivity contribution in [2.75, 3.05) is 7.05 Å². The monoisotopic (exact) mass is 190 g/mol. The van der Waals surface area contributed by atoms with E-state index in [0.717, 1.165) is 5.52 Å². The smallest absolute Gasteiger partial charge is 0.252 e. The molecule has 5 nitrogen and oxygen atoms in total. The van der Waals surface area contributed by atoms with Crippen molar-refractivity contribution in [2.45, 2.75) is 6.92 Å². The highest BCUT2D eigenvalue weighted by atomic mass is 16.1. The molecule has 0 spiro atoms. The van der Waals surface area contributed by atoms with Gasteiger partial charge in [0.1, 0.15) is 5.82 Å². The van der Waals surface area contributed by atoms with Gasteiger partial charge in [0.25, 0.3) is 5.91 Å². The topological polar surface area (TPSA) is 59.3 Å². The Morgan fingerprint density at radius 2 is 2.36 bits per heavy atom. The number of hydrogen-bond acceptors (Lipinski definition) is 3. The molecule has 2 rings (SSSR count). The highest BCUT2D eigenvalue weighted by molar-refractivity contribution is 5.95. The maximum absolute atomic E-state index is 11.3. The van der Waals surface area contributed by atoms with Gasteiger partial charge in [-0.15, -0.1) is 0 Å². The van der Waals surface area contributed by atoms with E-state index < -0.39 is 0 Å². The highest BCUT2D eigenvalue weighted by Gasteiger charge is 2.07. The lowest BCUT2D eigenvalue weighted by Gasteiger charge is -1.92. The molecule has 0 aliphatic carbocycles. The molecule has 0 aliphatic heterocycles. The fraction of sp³-hybridized carbons (Fsp3) is 0.222. The summed E-state index contributed by atoms with van der Waals surface area (Å²) < 4.78 is 1.65. The number of carbonyl (C=O) groups is 1. The van der Waals surface area contributed by atoms with Gasteiger partial charge in [-0.1, -0.05) is 0 Å². The number of aryl methyl sites for hydroxylation is 1.